The number of rotatable bonds is 5. The van der Waals surface area contributed by atoms with E-state index in [9.17, 15) is 9.70 Å². The van der Waals surface area contributed by atoms with Crippen molar-refractivity contribution >= 4 is 18.4 Å². The average molecular weight is 168 g/mol. The smallest absolute Gasteiger partial charge is 0.303 e. The predicted molar refractivity (Wildman–Crippen MR) is 39.4 cm³/mol. The molecule has 10 heavy (non-hydrogen) atoms. The minimum absolute atomic E-state index is 0. The van der Waals surface area contributed by atoms with Crippen LogP contribution in [0.25, 0.3) is 0 Å². The molecule has 0 rings (SSSR count). The fourth-order valence-corrected chi connectivity index (χ4v) is 0.453. The fourth-order valence-electron chi connectivity index (χ4n) is 0.453. The van der Waals surface area contributed by atoms with Gasteiger partial charge in [0.25, 0.3) is 0 Å². The molecular formula is C5H10ClNO3. The van der Waals surface area contributed by atoms with Crippen LogP contribution in [0.15, 0.2) is 5.18 Å². The van der Waals surface area contributed by atoms with E-state index in [0.717, 1.165) is 0 Å². The van der Waals surface area contributed by atoms with Gasteiger partial charge >= 0.3 is 5.97 Å². The second kappa shape index (κ2) is 8.36. The summed E-state index contributed by atoms with van der Waals surface area (Å²) < 4.78 is 0. The Kier molecular flexibility index (Phi) is 10.1. The zero-order valence-corrected chi connectivity index (χ0v) is 6.26. The van der Waals surface area contributed by atoms with E-state index in [1.54, 1.807) is 0 Å². The molecule has 0 saturated carbocycles. The maximum Gasteiger partial charge on any atom is 0.303 e. The fraction of sp³-hybridized carbons (Fsp3) is 0.800. The molecule has 0 aromatic rings. The monoisotopic (exact) mass is 167 g/mol. The molecule has 5 heteroatoms. The molecule has 0 aliphatic heterocycles. The molecule has 0 heterocycles. The quantitative estimate of drug-likeness (QED) is 0.498. The van der Waals surface area contributed by atoms with Crippen LogP contribution in [0.2, 0.25) is 0 Å². The Bertz CT molecular complexity index is 107. The van der Waals surface area contributed by atoms with Gasteiger partial charge in [0.05, 0.1) is 6.54 Å². The SMILES string of the molecule is Cl.O=NCCCCC(=O)O. The maximum absolute atomic E-state index is 9.85. The molecule has 0 unspecified atom stereocenters. The summed E-state index contributed by atoms with van der Waals surface area (Å²) in [6.07, 6.45) is 1.26. The molecule has 4 nitrogen and oxygen atoms in total. The summed E-state index contributed by atoms with van der Waals surface area (Å²) in [5, 5.41) is 10.7. The van der Waals surface area contributed by atoms with Crippen LogP contribution in [-0.2, 0) is 4.79 Å². The third-order valence-corrected chi connectivity index (χ3v) is 0.890. The topological polar surface area (TPSA) is 66.7 Å². The standard InChI is InChI=1S/C5H9NO3.ClH/c7-5(8)3-1-2-4-6-9;/h1-4H2,(H,7,8);1H. The van der Waals surface area contributed by atoms with E-state index in [4.69, 9.17) is 5.11 Å². The van der Waals surface area contributed by atoms with Gasteiger partial charge in [-0.1, -0.05) is 5.18 Å². The van der Waals surface area contributed by atoms with Crippen molar-refractivity contribution in [3.63, 3.8) is 0 Å². The van der Waals surface area contributed by atoms with E-state index in [-0.39, 0.29) is 25.4 Å². The van der Waals surface area contributed by atoms with Crippen molar-refractivity contribution in [2.24, 2.45) is 5.18 Å². The number of halogens is 1. The Morgan fingerprint density at radius 1 is 1.40 bits per heavy atom. The third kappa shape index (κ3) is 10.4. The summed E-state index contributed by atoms with van der Waals surface area (Å²) in [4.78, 5) is 19.3. The molecule has 60 valence electrons. The molecule has 1 N–H and O–H groups in total. The Morgan fingerprint density at radius 2 is 2.00 bits per heavy atom. The zero-order chi connectivity index (χ0) is 7.11. The summed E-state index contributed by atoms with van der Waals surface area (Å²) in [5.41, 5.74) is 0. The normalized spacial score (nSPS) is 8.00. The number of carboxylic acids is 1. The first-order chi connectivity index (χ1) is 4.27. The number of unbranched alkanes of at least 4 members (excludes halogenated alkanes) is 1. The molecule has 0 aliphatic carbocycles. The minimum atomic E-state index is -0.819. The Labute approximate surface area is 65.0 Å². The summed E-state index contributed by atoms with van der Waals surface area (Å²) in [7, 11) is 0. The van der Waals surface area contributed by atoms with E-state index in [2.05, 4.69) is 5.18 Å². The van der Waals surface area contributed by atoms with E-state index >= 15 is 0 Å². The molecular weight excluding hydrogens is 158 g/mol. The van der Waals surface area contributed by atoms with Crippen LogP contribution in [0.5, 0.6) is 0 Å². The summed E-state index contributed by atoms with van der Waals surface area (Å²) >= 11 is 0. The van der Waals surface area contributed by atoms with E-state index in [1.165, 1.54) is 0 Å². The van der Waals surface area contributed by atoms with Gasteiger partial charge in [-0.2, -0.15) is 4.91 Å². The highest BCUT2D eigenvalue weighted by molar-refractivity contribution is 5.85. The lowest BCUT2D eigenvalue weighted by molar-refractivity contribution is -0.137. The summed E-state index contributed by atoms with van der Waals surface area (Å²) in [5.74, 6) is -0.819. The van der Waals surface area contributed by atoms with Crippen molar-refractivity contribution in [1.82, 2.24) is 0 Å². The Hall–Kier alpha value is -0.640. The Morgan fingerprint density at radius 3 is 2.40 bits per heavy atom. The molecule has 0 spiro atoms. The van der Waals surface area contributed by atoms with Gasteiger partial charge in [-0.05, 0) is 12.8 Å². The number of carbonyl (C=O) groups is 1. The number of nitrogens with zero attached hydrogens (tertiary/aromatic N) is 1. The number of aliphatic carboxylic acids is 1. The van der Waals surface area contributed by atoms with E-state index in [1.807, 2.05) is 0 Å². The second-order valence-corrected chi connectivity index (χ2v) is 1.70. The van der Waals surface area contributed by atoms with E-state index in [0.29, 0.717) is 12.8 Å². The van der Waals surface area contributed by atoms with Crippen molar-refractivity contribution in [2.75, 3.05) is 6.54 Å². The lowest BCUT2D eigenvalue weighted by Gasteiger charge is -1.88. The average Bonchev–Trinajstić information content (AvgIpc) is 1.80. The van der Waals surface area contributed by atoms with Crippen molar-refractivity contribution in [3.8, 4) is 0 Å². The first-order valence-corrected chi connectivity index (χ1v) is 2.78. The van der Waals surface area contributed by atoms with Gasteiger partial charge in [0.15, 0.2) is 0 Å². The van der Waals surface area contributed by atoms with Crippen LogP contribution in [0, 0.1) is 4.91 Å². The van der Waals surface area contributed by atoms with Crippen LogP contribution >= 0.6 is 12.4 Å². The first-order valence-electron chi connectivity index (χ1n) is 2.78. The highest BCUT2D eigenvalue weighted by Gasteiger charge is 1.94. The van der Waals surface area contributed by atoms with Gasteiger partial charge in [-0.25, -0.2) is 0 Å². The number of carboxylic acid groups (broad SMARTS) is 1. The lowest BCUT2D eigenvalue weighted by atomic mass is 10.2. The highest BCUT2D eigenvalue weighted by Crippen LogP contribution is 1.94. The van der Waals surface area contributed by atoms with Gasteiger partial charge < -0.3 is 5.11 Å². The molecule has 0 aromatic heterocycles. The van der Waals surface area contributed by atoms with Gasteiger partial charge in [0.1, 0.15) is 0 Å². The maximum atomic E-state index is 9.85. The van der Waals surface area contributed by atoms with Gasteiger partial charge in [-0.15, -0.1) is 12.4 Å². The van der Waals surface area contributed by atoms with Gasteiger partial charge in [-0.3, -0.25) is 4.79 Å². The molecule has 0 atom stereocenters. The van der Waals surface area contributed by atoms with Crippen LogP contribution in [0.1, 0.15) is 19.3 Å². The van der Waals surface area contributed by atoms with Crippen molar-refractivity contribution < 1.29 is 9.90 Å². The summed E-state index contributed by atoms with van der Waals surface area (Å²) in [6, 6.07) is 0. The molecule has 0 radical (unpaired) electrons. The molecule has 0 fully saturated rings. The van der Waals surface area contributed by atoms with Crippen molar-refractivity contribution in [2.45, 2.75) is 19.3 Å². The minimum Gasteiger partial charge on any atom is -0.481 e. The van der Waals surface area contributed by atoms with Gasteiger partial charge in [0, 0.05) is 6.42 Å². The van der Waals surface area contributed by atoms with Crippen LogP contribution in [-0.4, -0.2) is 17.6 Å². The number of nitroso groups, excluding NO2 is 1. The summed E-state index contributed by atoms with van der Waals surface area (Å²) in [6.45, 7) is 0.229. The zero-order valence-electron chi connectivity index (χ0n) is 5.45. The van der Waals surface area contributed by atoms with Crippen LogP contribution < -0.4 is 0 Å². The third-order valence-electron chi connectivity index (χ3n) is 0.890. The molecule has 0 bridgehead atoms. The van der Waals surface area contributed by atoms with Gasteiger partial charge in [0.2, 0.25) is 0 Å². The first kappa shape index (κ1) is 12.1. The van der Waals surface area contributed by atoms with E-state index < -0.39 is 5.97 Å². The van der Waals surface area contributed by atoms with Crippen LogP contribution in [0.4, 0.5) is 0 Å². The Balaban J connectivity index is 0. The molecule has 0 amide bonds. The number of hydrogen-bond acceptors (Lipinski definition) is 3. The largest absolute Gasteiger partial charge is 0.481 e. The van der Waals surface area contributed by atoms with Crippen molar-refractivity contribution in [3.05, 3.63) is 4.91 Å². The van der Waals surface area contributed by atoms with Crippen LogP contribution in [0.3, 0.4) is 0 Å². The highest BCUT2D eigenvalue weighted by atomic mass is 35.5. The lowest BCUT2D eigenvalue weighted by Crippen LogP contribution is -1.94. The predicted octanol–water partition coefficient (Wildman–Crippen LogP) is 1.43. The number of hydrogen-bond donors (Lipinski definition) is 1. The van der Waals surface area contributed by atoms with Crippen molar-refractivity contribution in [1.29, 1.82) is 0 Å². The molecule has 0 aromatic carbocycles. The molecule has 0 saturated heterocycles. The second-order valence-electron chi connectivity index (χ2n) is 1.70. The molecule has 0 aliphatic rings.